The Morgan fingerprint density at radius 3 is 2.48 bits per heavy atom. The summed E-state index contributed by atoms with van der Waals surface area (Å²) in [5, 5.41) is 12.4. The Morgan fingerprint density at radius 1 is 1.00 bits per heavy atom. The van der Waals surface area contributed by atoms with Crippen LogP contribution in [0.25, 0.3) is 0 Å². The van der Waals surface area contributed by atoms with E-state index in [-0.39, 0.29) is 23.9 Å². The average molecular weight is 337 g/mol. The minimum atomic E-state index is -0.994. The quantitative estimate of drug-likeness (QED) is 0.848. The number of carbonyl (C=O) groups excluding carboxylic acids is 1. The maximum atomic E-state index is 12.4. The van der Waals surface area contributed by atoms with E-state index in [1.54, 1.807) is 24.3 Å². The SMILES string of the molecule is O=C(Cc1ccccc1C(=O)O)NC1CCCC1Cc1ccccc1. The summed E-state index contributed by atoms with van der Waals surface area (Å²) in [6.45, 7) is 0. The normalized spacial score (nSPS) is 19.5. The van der Waals surface area contributed by atoms with E-state index in [2.05, 4.69) is 17.4 Å². The van der Waals surface area contributed by atoms with E-state index in [1.807, 2.05) is 18.2 Å². The van der Waals surface area contributed by atoms with Gasteiger partial charge in [0.2, 0.25) is 5.91 Å². The van der Waals surface area contributed by atoms with Gasteiger partial charge in [0, 0.05) is 6.04 Å². The number of aromatic carboxylic acids is 1. The fraction of sp³-hybridized carbons (Fsp3) is 0.333. The van der Waals surface area contributed by atoms with Crippen LogP contribution >= 0.6 is 0 Å². The first-order valence-electron chi connectivity index (χ1n) is 8.78. The van der Waals surface area contributed by atoms with Gasteiger partial charge in [-0.25, -0.2) is 4.79 Å². The number of carbonyl (C=O) groups is 2. The summed E-state index contributed by atoms with van der Waals surface area (Å²) >= 11 is 0. The molecule has 0 aliphatic heterocycles. The Bertz CT molecular complexity index is 742. The molecule has 4 heteroatoms. The number of carboxylic acid groups (broad SMARTS) is 1. The molecule has 1 saturated carbocycles. The highest BCUT2D eigenvalue weighted by Crippen LogP contribution is 2.29. The second-order valence-corrected chi connectivity index (χ2v) is 6.69. The van der Waals surface area contributed by atoms with Gasteiger partial charge < -0.3 is 10.4 Å². The fourth-order valence-corrected chi connectivity index (χ4v) is 3.70. The molecule has 0 bridgehead atoms. The molecular weight excluding hydrogens is 314 g/mol. The number of rotatable bonds is 6. The molecule has 2 N–H and O–H groups in total. The van der Waals surface area contributed by atoms with E-state index in [0.29, 0.717) is 11.5 Å². The Hall–Kier alpha value is -2.62. The zero-order chi connectivity index (χ0) is 17.6. The minimum absolute atomic E-state index is 0.0985. The van der Waals surface area contributed by atoms with Crippen molar-refractivity contribution in [2.24, 2.45) is 5.92 Å². The summed E-state index contributed by atoms with van der Waals surface area (Å²) in [6, 6.07) is 17.2. The predicted octanol–water partition coefficient (Wildman–Crippen LogP) is 3.45. The summed E-state index contributed by atoms with van der Waals surface area (Å²) in [7, 11) is 0. The lowest BCUT2D eigenvalue weighted by atomic mass is 9.94. The van der Waals surface area contributed by atoms with Crippen molar-refractivity contribution in [1.29, 1.82) is 0 Å². The van der Waals surface area contributed by atoms with Gasteiger partial charge in [-0.05, 0) is 42.4 Å². The highest BCUT2D eigenvalue weighted by atomic mass is 16.4. The van der Waals surface area contributed by atoms with Crippen LogP contribution in [0.1, 0.15) is 40.7 Å². The van der Waals surface area contributed by atoms with Gasteiger partial charge in [-0.3, -0.25) is 4.79 Å². The number of benzene rings is 2. The molecule has 0 saturated heterocycles. The van der Waals surface area contributed by atoms with Crippen molar-refractivity contribution in [3.63, 3.8) is 0 Å². The largest absolute Gasteiger partial charge is 0.478 e. The average Bonchev–Trinajstić information content (AvgIpc) is 3.02. The van der Waals surface area contributed by atoms with Gasteiger partial charge in [0.05, 0.1) is 12.0 Å². The van der Waals surface area contributed by atoms with Gasteiger partial charge in [0.25, 0.3) is 0 Å². The van der Waals surface area contributed by atoms with E-state index in [1.165, 1.54) is 5.56 Å². The second kappa shape index (κ2) is 7.97. The monoisotopic (exact) mass is 337 g/mol. The molecule has 0 heterocycles. The van der Waals surface area contributed by atoms with Crippen LogP contribution in [-0.4, -0.2) is 23.0 Å². The summed E-state index contributed by atoms with van der Waals surface area (Å²) < 4.78 is 0. The van der Waals surface area contributed by atoms with Crippen LogP contribution in [0.2, 0.25) is 0 Å². The van der Waals surface area contributed by atoms with Crippen molar-refractivity contribution in [1.82, 2.24) is 5.32 Å². The smallest absolute Gasteiger partial charge is 0.335 e. The number of carboxylic acids is 1. The van der Waals surface area contributed by atoms with Gasteiger partial charge in [-0.2, -0.15) is 0 Å². The van der Waals surface area contributed by atoms with E-state index < -0.39 is 5.97 Å². The molecular formula is C21H23NO3. The first-order chi connectivity index (χ1) is 12.1. The number of amides is 1. The summed E-state index contributed by atoms with van der Waals surface area (Å²) in [5.74, 6) is -0.647. The Balaban J connectivity index is 1.61. The van der Waals surface area contributed by atoms with Gasteiger partial charge in [-0.15, -0.1) is 0 Å². The molecule has 2 aromatic rings. The zero-order valence-electron chi connectivity index (χ0n) is 14.2. The van der Waals surface area contributed by atoms with Crippen LogP contribution in [0.3, 0.4) is 0 Å². The predicted molar refractivity (Wildman–Crippen MR) is 96.5 cm³/mol. The lowest BCUT2D eigenvalue weighted by Crippen LogP contribution is -2.39. The van der Waals surface area contributed by atoms with Crippen LogP contribution in [0.5, 0.6) is 0 Å². The third kappa shape index (κ3) is 4.47. The maximum absolute atomic E-state index is 12.4. The molecule has 0 spiro atoms. The third-order valence-corrected chi connectivity index (χ3v) is 4.94. The molecule has 1 aliphatic rings. The highest BCUT2D eigenvalue weighted by Gasteiger charge is 2.28. The molecule has 1 aliphatic carbocycles. The standard InChI is InChI=1S/C21H23NO3/c23-20(14-16-9-4-5-11-18(16)21(24)25)22-19-12-6-10-17(19)13-15-7-2-1-3-8-15/h1-5,7-9,11,17,19H,6,10,12-14H2,(H,22,23)(H,24,25). The van der Waals surface area contributed by atoms with Gasteiger partial charge in [0.15, 0.2) is 0 Å². The molecule has 2 aromatic carbocycles. The van der Waals surface area contributed by atoms with Gasteiger partial charge in [-0.1, -0.05) is 55.0 Å². The Kier molecular flexibility index (Phi) is 5.49. The van der Waals surface area contributed by atoms with Gasteiger partial charge in [0.1, 0.15) is 0 Å². The molecule has 4 nitrogen and oxygen atoms in total. The Morgan fingerprint density at radius 2 is 1.72 bits per heavy atom. The molecule has 3 rings (SSSR count). The third-order valence-electron chi connectivity index (χ3n) is 4.94. The van der Waals surface area contributed by atoms with Crippen molar-refractivity contribution in [3.8, 4) is 0 Å². The fourth-order valence-electron chi connectivity index (χ4n) is 3.70. The van der Waals surface area contributed by atoms with E-state index in [4.69, 9.17) is 0 Å². The van der Waals surface area contributed by atoms with Crippen molar-refractivity contribution >= 4 is 11.9 Å². The molecule has 25 heavy (non-hydrogen) atoms. The summed E-state index contributed by atoms with van der Waals surface area (Å²) in [5.41, 5.74) is 2.06. The molecule has 2 unspecified atom stereocenters. The first kappa shape index (κ1) is 17.2. The lowest BCUT2D eigenvalue weighted by molar-refractivity contribution is -0.121. The molecule has 0 radical (unpaired) electrons. The van der Waals surface area contributed by atoms with E-state index in [0.717, 1.165) is 25.7 Å². The molecule has 0 aromatic heterocycles. The molecule has 2 atom stereocenters. The minimum Gasteiger partial charge on any atom is -0.478 e. The molecule has 1 amide bonds. The van der Waals surface area contributed by atoms with Crippen molar-refractivity contribution < 1.29 is 14.7 Å². The van der Waals surface area contributed by atoms with E-state index in [9.17, 15) is 14.7 Å². The number of hydrogen-bond acceptors (Lipinski definition) is 2. The second-order valence-electron chi connectivity index (χ2n) is 6.69. The van der Waals surface area contributed by atoms with Gasteiger partial charge >= 0.3 is 5.97 Å². The van der Waals surface area contributed by atoms with Crippen LogP contribution in [0.15, 0.2) is 54.6 Å². The zero-order valence-corrected chi connectivity index (χ0v) is 14.2. The van der Waals surface area contributed by atoms with Crippen molar-refractivity contribution in [2.75, 3.05) is 0 Å². The Labute approximate surface area is 147 Å². The van der Waals surface area contributed by atoms with Crippen molar-refractivity contribution in [3.05, 3.63) is 71.3 Å². The van der Waals surface area contributed by atoms with Crippen LogP contribution < -0.4 is 5.32 Å². The maximum Gasteiger partial charge on any atom is 0.335 e. The summed E-state index contributed by atoms with van der Waals surface area (Å²) in [6.07, 6.45) is 4.30. The van der Waals surface area contributed by atoms with Crippen LogP contribution in [0.4, 0.5) is 0 Å². The van der Waals surface area contributed by atoms with Crippen LogP contribution in [-0.2, 0) is 17.6 Å². The number of hydrogen-bond donors (Lipinski definition) is 2. The lowest BCUT2D eigenvalue weighted by Gasteiger charge is -2.21. The van der Waals surface area contributed by atoms with Crippen molar-refractivity contribution in [2.45, 2.75) is 38.1 Å². The molecule has 1 fully saturated rings. The highest BCUT2D eigenvalue weighted by molar-refractivity contribution is 5.91. The first-order valence-corrected chi connectivity index (χ1v) is 8.78. The number of nitrogens with one attached hydrogen (secondary N) is 1. The summed E-state index contributed by atoms with van der Waals surface area (Å²) in [4.78, 5) is 23.7. The topological polar surface area (TPSA) is 66.4 Å². The van der Waals surface area contributed by atoms with E-state index >= 15 is 0 Å². The van der Waals surface area contributed by atoms with Crippen LogP contribution in [0, 0.1) is 5.92 Å². The molecule has 130 valence electrons.